The summed E-state index contributed by atoms with van der Waals surface area (Å²) in [5.74, 6) is -0.709. The fraction of sp³-hybridized carbons (Fsp3) is 0.364. The molecule has 10 heteroatoms. The minimum absolute atomic E-state index is 0.00406. The van der Waals surface area contributed by atoms with Crippen LogP contribution in [0.5, 0.6) is 5.75 Å². The van der Waals surface area contributed by atoms with Crippen molar-refractivity contribution in [1.82, 2.24) is 14.5 Å². The predicted molar refractivity (Wildman–Crippen MR) is 116 cm³/mol. The molecule has 1 amide bonds. The van der Waals surface area contributed by atoms with E-state index in [2.05, 4.69) is 4.98 Å². The topological polar surface area (TPSA) is 47.4 Å². The standard InChI is InChI=1S/C22H20Cl2F3N3O2/c23-15-5-6-19(16(24)11-15)32-13-20(31)29-9-7-14(8-10-29)12-30-18-4-2-1-3-17(18)28-21(30)22(25,26)27/h1-6,11,14H,7-10,12-13H2. The molecule has 2 heterocycles. The quantitative estimate of drug-likeness (QED) is 0.467. The second-order valence-corrected chi connectivity index (χ2v) is 8.56. The van der Waals surface area contributed by atoms with Gasteiger partial charge in [0.1, 0.15) is 5.75 Å². The van der Waals surface area contributed by atoms with Gasteiger partial charge in [-0.15, -0.1) is 0 Å². The SMILES string of the molecule is O=C(COc1ccc(Cl)cc1Cl)N1CCC(Cn2c(C(F)(F)F)nc3ccccc32)CC1. The van der Waals surface area contributed by atoms with E-state index in [9.17, 15) is 18.0 Å². The van der Waals surface area contributed by atoms with E-state index in [1.807, 2.05) is 0 Å². The van der Waals surface area contributed by atoms with Crippen molar-refractivity contribution in [2.75, 3.05) is 19.7 Å². The van der Waals surface area contributed by atoms with Gasteiger partial charge in [-0.25, -0.2) is 4.98 Å². The monoisotopic (exact) mass is 485 g/mol. The number of aromatic nitrogens is 2. The Morgan fingerprint density at radius 2 is 1.84 bits per heavy atom. The largest absolute Gasteiger partial charge is 0.482 e. The van der Waals surface area contributed by atoms with E-state index in [-0.39, 0.29) is 25.0 Å². The Labute approximate surface area is 192 Å². The average Bonchev–Trinajstić information content (AvgIpc) is 3.12. The summed E-state index contributed by atoms with van der Waals surface area (Å²) >= 11 is 11.9. The molecule has 1 aromatic heterocycles. The number of benzene rings is 2. The van der Waals surface area contributed by atoms with Crippen molar-refractivity contribution in [1.29, 1.82) is 0 Å². The molecule has 2 aromatic carbocycles. The number of nitrogens with zero attached hydrogens (tertiary/aromatic N) is 3. The zero-order valence-corrected chi connectivity index (χ0v) is 18.4. The number of carbonyl (C=O) groups is 1. The third kappa shape index (κ3) is 4.96. The Kier molecular flexibility index (Phi) is 6.53. The Bertz CT molecular complexity index is 1130. The number of carbonyl (C=O) groups excluding carboxylic acids is 1. The number of ether oxygens (including phenoxy) is 1. The summed E-state index contributed by atoms with van der Waals surface area (Å²) in [4.78, 5) is 18.0. The van der Waals surface area contributed by atoms with Gasteiger partial charge in [-0.3, -0.25) is 4.79 Å². The molecule has 0 bridgehead atoms. The fourth-order valence-electron chi connectivity index (χ4n) is 3.92. The van der Waals surface area contributed by atoms with Crippen LogP contribution in [0.25, 0.3) is 11.0 Å². The van der Waals surface area contributed by atoms with Gasteiger partial charge in [0.2, 0.25) is 5.82 Å². The lowest BCUT2D eigenvalue weighted by molar-refractivity contribution is -0.147. The van der Waals surface area contributed by atoms with Crippen LogP contribution in [0.2, 0.25) is 10.0 Å². The smallest absolute Gasteiger partial charge is 0.449 e. The van der Waals surface area contributed by atoms with Crippen LogP contribution >= 0.6 is 23.2 Å². The molecule has 5 nitrogen and oxygen atoms in total. The number of fused-ring (bicyclic) bond motifs is 1. The van der Waals surface area contributed by atoms with E-state index in [0.29, 0.717) is 52.8 Å². The molecule has 1 aliphatic heterocycles. The van der Waals surface area contributed by atoms with Crippen LogP contribution in [-0.2, 0) is 17.5 Å². The van der Waals surface area contributed by atoms with Crippen molar-refractivity contribution in [3.63, 3.8) is 0 Å². The average molecular weight is 486 g/mol. The predicted octanol–water partition coefficient (Wildman–Crippen LogP) is 5.68. The van der Waals surface area contributed by atoms with Crippen LogP contribution in [0.4, 0.5) is 13.2 Å². The van der Waals surface area contributed by atoms with Gasteiger partial charge in [0.25, 0.3) is 5.91 Å². The normalized spacial score (nSPS) is 15.3. The molecular formula is C22H20Cl2F3N3O2. The highest BCUT2D eigenvalue weighted by molar-refractivity contribution is 6.35. The Hall–Kier alpha value is -2.45. The lowest BCUT2D eigenvalue weighted by Crippen LogP contribution is -2.41. The van der Waals surface area contributed by atoms with Gasteiger partial charge >= 0.3 is 6.18 Å². The van der Waals surface area contributed by atoms with E-state index >= 15 is 0 Å². The van der Waals surface area contributed by atoms with Gasteiger partial charge in [-0.2, -0.15) is 13.2 Å². The second kappa shape index (κ2) is 9.19. The van der Waals surface area contributed by atoms with E-state index < -0.39 is 12.0 Å². The molecule has 170 valence electrons. The molecule has 1 aliphatic rings. The first kappa shape index (κ1) is 22.7. The Balaban J connectivity index is 1.37. The zero-order valence-electron chi connectivity index (χ0n) is 16.9. The lowest BCUT2D eigenvalue weighted by Gasteiger charge is -2.32. The van der Waals surface area contributed by atoms with Gasteiger partial charge < -0.3 is 14.2 Å². The maximum Gasteiger partial charge on any atom is 0.449 e. The molecule has 32 heavy (non-hydrogen) atoms. The van der Waals surface area contributed by atoms with Crippen LogP contribution < -0.4 is 4.74 Å². The number of alkyl halides is 3. The lowest BCUT2D eigenvalue weighted by atomic mass is 9.96. The molecular weight excluding hydrogens is 466 g/mol. The Morgan fingerprint density at radius 3 is 2.53 bits per heavy atom. The number of piperidine rings is 1. The fourth-order valence-corrected chi connectivity index (χ4v) is 4.39. The van der Waals surface area contributed by atoms with Crippen molar-refractivity contribution in [2.24, 2.45) is 5.92 Å². The molecule has 0 atom stereocenters. The molecule has 0 N–H and O–H groups in total. The van der Waals surface area contributed by atoms with Gasteiger partial charge in [-0.1, -0.05) is 35.3 Å². The summed E-state index contributed by atoms with van der Waals surface area (Å²) in [5, 5.41) is 0.784. The highest BCUT2D eigenvalue weighted by atomic mass is 35.5. The summed E-state index contributed by atoms with van der Waals surface area (Å²) in [5.41, 5.74) is 0.789. The van der Waals surface area contributed by atoms with Gasteiger partial charge in [0.05, 0.1) is 16.1 Å². The van der Waals surface area contributed by atoms with Crippen molar-refractivity contribution in [2.45, 2.75) is 25.6 Å². The van der Waals surface area contributed by atoms with Crippen molar-refractivity contribution >= 4 is 40.1 Å². The first-order valence-corrected chi connectivity index (χ1v) is 10.9. The number of amides is 1. The Morgan fingerprint density at radius 1 is 1.12 bits per heavy atom. The molecule has 1 saturated heterocycles. The molecule has 4 rings (SSSR count). The van der Waals surface area contributed by atoms with Crippen LogP contribution in [0.1, 0.15) is 18.7 Å². The van der Waals surface area contributed by atoms with E-state index in [4.69, 9.17) is 27.9 Å². The number of likely N-dealkylation sites (tertiary alicyclic amines) is 1. The van der Waals surface area contributed by atoms with Crippen LogP contribution in [-0.4, -0.2) is 40.1 Å². The summed E-state index contributed by atoms with van der Waals surface area (Å²) in [6.07, 6.45) is -3.34. The van der Waals surface area contributed by atoms with Crippen molar-refractivity contribution in [3.8, 4) is 5.75 Å². The highest BCUT2D eigenvalue weighted by Crippen LogP contribution is 2.33. The number of hydrogen-bond acceptors (Lipinski definition) is 3. The van der Waals surface area contributed by atoms with Crippen LogP contribution in [0.3, 0.4) is 0 Å². The van der Waals surface area contributed by atoms with Gasteiger partial charge in [0.15, 0.2) is 6.61 Å². The first-order valence-electron chi connectivity index (χ1n) is 10.1. The van der Waals surface area contributed by atoms with E-state index in [0.717, 1.165) is 0 Å². The van der Waals surface area contributed by atoms with E-state index in [1.165, 1.54) is 10.6 Å². The number of rotatable bonds is 5. The second-order valence-electron chi connectivity index (χ2n) is 7.72. The molecule has 0 radical (unpaired) electrons. The number of imidazole rings is 1. The van der Waals surface area contributed by atoms with Crippen molar-refractivity contribution in [3.05, 3.63) is 58.3 Å². The summed E-state index contributed by atoms with van der Waals surface area (Å²) in [6.45, 7) is 0.940. The third-order valence-electron chi connectivity index (χ3n) is 5.56. The molecule has 1 fully saturated rings. The number of hydrogen-bond donors (Lipinski definition) is 0. The van der Waals surface area contributed by atoms with Crippen molar-refractivity contribution < 1.29 is 22.7 Å². The summed E-state index contributed by atoms with van der Waals surface area (Å²) in [7, 11) is 0. The third-order valence-corrected chi connectivity index (χ3v) is 6.09. The summed E-state index contributed by atoms with van der Waals surface area (Å²) < 4.78 is 47.3. The minimum atomic E-state index is -4.53. The maximum atomic E-state index is 13.5. The van der Waals surface area contributed by atoms with Crippen LogP contribution in [0, 0.1) is 5.92 Å². The number of halogens is 5. The van der Waals surface area contributed by atoms with Gasteiger partial charge in [-0.05, 0) is 49.1 Å². The minimum Gasteiger partial charge on any atom is -0.482 e. The molecule has 0 spiro atoms. The maximum absolute atomic E-state index is 13.5. The summed E-state index contributed by atoms with van der Waals surface area (Å²) in [6, 6.07) is 11.3. The molecule has 0 saturated carbocycles. The van der Waals surface area contributed by atoms with Gasteiger partial charge in [0, 0.05) is 24.7 Å². The molecule has 0 unspecified atom stereocenters. The van der Waals surface area contributed by atoms with Crippen LogP contribution in [0.15, 0.2) is 42.5 Å². The highest BCUT2D eigenvalue weighted by Gasteiger charge is 2.38. The number of para-hydroxylation sites is 2. The molecule has 3 aromatic rings. The molecule has 0 aliphatic carbocycles. The first-order chi connectivity index (χ1) is 15.2. The van der Waals surface area contributed by atoms with E-state index in [1.54, 1.807) is 41.3 Å². The zero-order chi connectivity index (χ0) is 22.9.